The van der Waals surface area contributed by atoms with Gasteiger partial charge in [0, 0.05) is 37.5 Å². The number of hydrogen-bond acceptors (Lipinski definition) is 6. The van der Waals surface area contributed by atoms with Crippen LogP contribution in [0.2, 0.25) is 0 Å². The van der Waals surface area contributed by atoms with Crippen molar-refractivity contribution >= 4 is 5.97 Å². The number of unbranched alkanes of at least 4 members (excludes halogenated alkanes) is 14. The molecule has 6 heteroatoms. The maximum absolute atomic E-state index is 12.5. The molecule has 1 fully saturated rings. The van der Waals surface area contributed by atoms with E-state index >= 15 is 0 Å². The van der Waals surface area contributed by atoms with Gasteiger partial charge in [-0.1, -0.05) is 96.8 Å². The van der Waals surface area contributed by atoms with Gasteiger partial charge in [-0.05, 0) is 41.0 Å². The van der Waals surface area contributed by atoms with E-state index in [-0.39, 0.29) is 29.8 Å². The van der Waals surface area contributed by atoms with Crippen molar-refractivity contribution in [1.29, 1.82) is 0 Å². The van der Waals surface area contributed by atoms with E-state index in [2.05, 4.69) is 34.6 Å². The molecule has 0 spiro atoms. The largest absolute Gasteiger partial charge is 0.462 e. The number of carbonyl (C=O) groups is 1. The molecular weight excluding hydrogens is 466 g/mol. The lowest BCUT2D eigenvalue weighted by molar-refractivity contribution is -0.332. The molecule has 1 saturated heterocycles. The van der Waals surface area contributed by atoms with Gasteiger partial charge >= 0.3 is 5.97 Å². The fourth-order valence-electron chi connectivity index (χ4n) is 5.73. The van der Waals surface area contributed by atoms with Gasteiger partial charge in [0.15, 0.2) is 5.79 Å². The van der Waals surface area contributed by atoms with Crippen LogP contribution in [-0.2, 0) is 19.1 Å². The van der Waals surface area contributed by atoms with Crippen LogP contribution >= 0.6 is 0 Å². The molecule has 6 nitrogen and oxygen atoms in total. The minimum absolute atomic E-state index is 0.0417. The summed E-state index contributed by atoms with van der Waals surface area (Å²) >= 11 is 0. The maximum Gasteiger partial charge on any atom is 0.306 e. The third-order valence-electron chi connectivity index (χ3n) is 7.74. The lowest BCUT2D eigenvalue weighted by Crippen LogP contribution is -2.62. The lowest BCUT2D eigenvalue weighted by atomic mass is 9.80. The normalized spacial score (nSPS) is 19.6. The molecule has 1 aliphatic rings. The smallest absolute Gasteiger partial charge is 0.306 e. The Labute approximate surface area is 229 Å². The molecule has 1 rings (SSSR count). The average molecular weight is 528 g/mol. The first-order valence-electron chi connectivity index (χ1n) is 15.3. The van der Waals surface area contributed by atoms with Crippen LogP contribution < -0.4 is 0 Å². The van der Waals surface area contributed by atoms with E-state index in [0.29, 0.717) is 19.3 Å². The summed E-state index contributed by atoms with van der Waals surface area (Å²) in [5.41, 5.74) is -0.684. The molecule has 0 bridgehead atoms. The van der Waals surface area contributed by atoms with Crippen LogP contribution in [0.5, 0.6) is 0 Å². The average Bonchev–Trinajstić information content (AvgIpc) is 2.80. The zero-order chi connectivity index (χ0) is 27.8. The predicted octanol–water partition coefficient (Wildman–Crippen LogP) is 8.10. The van der Waals surface area contributed by atoms with Gasteiger partial charge in [-0.15, -0.1) is 0 Å². The van der Waals surface area contributed by atoms with Crippen molar-refractivity contribution in [2.24, 2.45) is 0 Å². The van der Waals surface area contributed by atoms with Crippen LogP contribution in [0.15, 0.2) is 0 Å². The molecule has 220 valence electrons. The molecule has 0 aliphatic carbocycles. The number of ether oxygens (including phenoxy) is 2. The topological polar surface area (TPSA) is 68.2 Å². The molecule has 0 radical (unpaired) electrons. The number of hydrogen-bond donors (Lipinski definition) is 1. The number of piperidine rings is 1. The van der Waals surface area contributed by atoms with Gasteiger partial charge in [-0.25, -0.2) is 0 Å². The first-order valence-corrected chi connectivity index (χ1v) is 15.3. The quantitative estimate of drug-likeness (QED) is 0.0924. The Morgan fingerprint density at radius 2 is 1.22 bits per heavy atom. The summed E-state index contributed by atoms with van der Waals surface area (Å²) in [6.45, 7) is 12.3. The molecule has 0 saturated carbocycles. The van der Waals surface area contributed by atoms with E-state index < -0.39 is 5.79 Å². The predicted molar refractivity (Wildman–Crippen MR) is 152 cm³/mol. The number of nitrogens with zero attached hydrogens (tertiary/aromatic N) is 1. The van der Waals surface area contributed by atoms with Crippen molar-refractivity contribution in [3.63, 3.8) is 0 Å². The Morgan fingerprint density at radius 3 is 1.62 bits per heavy atom. The fourth-order valence-corrected chi connectivity index (χ4v) is 5.73. The molecule has 37 heavy (non-hydrogen) atoms. The first-order chi connectivity index (χ1) is 17.4. The zero-order valence-corrected chi connectivity index (χ0v) is 25.5. The van der Waals surface area contributed by atoms with Crippen molar-refractivity contribution in [3.8, 4) is 0 Å². The van der Waals surface area contributed by atoms with Gasteiger partial charge in [0.25, 0.3) is 0 Å². The van der Waals surface area contributed by atoms with Gasteiger partial charge in [-0.3, -0.25) is 9.63 Å². The molecule has 1 unspecified atom stereocenters. The Hall–Kier alpha value is -0.690. The number of carbonyl (C=O) groups excluding carboxylic acids is 1. The van der Waals surface area contributed by atoms with Crippen LogP contribution in [0.3, 0.4) is 0 Å². The molecule has 1 aliphatic heterocycles. The highest BCUT2D eigenvalue weighted by Crippen LogP contribution is 2.40. The number of rotatable bonds is 21. The number of methoxy groups -OCH3 is 1. The van der Waals surface area contributed by atoms with E-state index in [1.54, 1.807) is 6.92 Å². The van der Waals surface area contributed by atoms with E-state index in [0.717, 1.165) is 12.8 Å². The molecular formula is C31H61NO5. The van der Waals surface area contributed by atoms with E-state index in [1.165, 1.54) is 90.6 Å². The molecule has 1 N–H and O–H groups in total. The lowest BCUT2D eigenvalue weighted by Gasteiger charge is -2.53. The molecule has 0 aromatic rings. The van der Waals surface area contributed by atoms with Crippen molar-refractivity contribution < 1.29 is 24.2 Å². The summed E-state index contributed by atoms with van der Waals surface area (Å²) in [6, 6.07) is 0. The Bertz CT molecular complexity index is 586. The van der Waals surface area contributed by atoms with Crippen LogP contribution in [0.4, 0.5) is 0 Å². The minimum atomic E-state index is -1.34. The van der Waals surface area contributed by atoms with Gasteiger partial charge in [0.05, 0.1) is 0 Å². The van der Waals surface area contributed by atoms with E-state index in [1.807, 2.05) is 5.06 Å². The van der Waals surface area contributed by atoms with Crippen molar-refractivity contribution in [2.75, 3.05) is 13.7 Å². The third-order valence-corrected chi connectivity index (χ3v) is 7.74. The van der Waals surface area contributed by atoms with Crippen molar-refractivity contribution in [1.82, 2.24) is 5.06 Å². The fraction of sp³-hybridized carbons (Fsp3) is 0.968. The summed E-state index contributed by atoms with van der Waals surface area (Å²) in [5, 5.41) is 12.1. The Kier molecular flexibility index (Phi) is 16.5. The van der Waals surface area contributed by atoms with Gasteiger partial charge in [0.1, 0.15) is 12.7 Å². The van der Waals surface area contributed by atoms with Gasteiger partial charge < -0.3 is 14.6 Å². The molecule has 0 aromatic carbocycles. The molecule has 0 amide bonds. The Morgan fingerprint density at radius 1 is 0.811 bits per heavy atom. The standard InChI is InChI=1S/C31H61NO5/c1-8-9-10-11-12-13-14-15-16-17-18-19-20-21-22-23-28(33)37-27-24-29(2,3)32(30(4,5)25-27)36-26-31(6,34)35-7/h27,34H,8-26H2,1-7H3. The van der Waals surface area contributed by atoms with Gasteiger partial charge in [-0.2, -0.15) is 5.06 Å². The summed E-state index contributed by atoms with van der Waals surface area (Å²) in [4.78, 5) is 18.5. The summed E-state index contributed by atoms with van der Waals surface area (Å²) in [7, 11) is 1.46. The second-order valence-electron chi connectivity index (χ2n) is 12.8. The number of hydroxylamine groups is 2. The second kappa shape index (κ2) is 17.8. The second-order valence-corrected chi connectivity index (χ2v) is 12.8. The van der Waals surface area contributed by atoms with Crippen molar-refractivity contribution in [2.45, 2.75) is 180 Å². The highest BCUT2D eigenvalue weighted by molar-refractivity contribution is 5.69. The summed E-state index contributed by atoms with van der Waals surface area (Å²) < 4.78 is 11.0. The number of aliphatic hydroxyl groups is 1. The van der Waals surface area contributed by atoms with Crippen LogP contribution in [0.1, 0.15) is 157 Å². The van der Waals surface area contributed by atoms with Crippen LogP contribution in [-0.4, -0.2) is 52.8 Å². The SMILES string of the molecule is CCCCCCCCCCCCCCCCCC(=O)OC1CC(C)(C)N(OCC(C)(O)OC)C(C)(C)C1. The molecule has 1 heterocycles. The highest BCUT2D eigenvalue weighted by Gasteiger charge is 2.48. The molecule has 1 atom stereocenters. The summed E-state index contributed by atoms with van der Waals surface area (Å²) in [6.07, 6.45) is 21.5. The monoisotopic (exact) mass is 527 g/mol. The highest BCUT2D eigenvalue weighted by atomic mass is 16.7. The van der Waals surface area contributed by atoms with Crippen LogP contribution in [0, 0.1) is 0 Å². The van der Waals surface area contributed by atoms with E-state index in [9.17, 15) is 9.90 Å². The van der Waals surface area contributed by atoms with E-state index in [4.69, 9.17) is 14.3 Å². The number of esters is 1. The first kappa shape index (κ1) is 34.3. The maximum atomic E-state index is 12.5. The Balaban J connectivity index is 2.14. The molecule has 0 aromatic heterocycles. The van der Waals surface area contributed by atoms with Crippen molar-refractivity contribution in [3.05, 3.63) is 0 Å². The van der Waals surface area contributed by atoms with Crippen LogP contribution in [0.25, 0.3) is 0 Å². The summed E-state index contributed by atoms with van der Waals surface area (Å²) in [5.74, 6) is -1.43. The van der Waals surface area contributed by atoms with Gasteiger partial charge in [0.2, 0.25) is 0 Å². The zero-order valence-electron chi connectivity index (χ0n) is 25.5. The minimum Gasteiger partial charge on any atom is -0.462 e. The third kappa shape index (κ3) is 14.9.